The highest BCUT2D eigenvalue weighted by Gasteiger charge is 2.39. The van der Waals surface area contributed by atoms with Crippen molar-refractivity contribution in [3.8, 4) is 16.2 Å². The molecule has 0 bridgehead atoms. The number of carbonyl (C=O) groups excluding carboxylic acids is 2. The summed E-state index contributed by atoms with van der Waals surface area (Å²) in [6.45, 7) is 12.8. The van der Waals surface area contributed by atoms with Crippen LogP contribution in [0.15, 0.2) is 24.3 Å². The number of Topliss-reactive ketones (excluding diaryl/α,β-unsaturated/α-hetero) is 1. The number of thiophene rings is 1. The van der Waals surface area contributed by atoms with Crippen molar-refractivity contribution < 1.29 is 19.1 Å². The summed E-state index contributed by atoms with van der Waals surface area (Å²) in [7, 11) is 1.36. The van der Waals surface area contributed by atoms with Crippen molar-refractivity contribution in [1.29, 1.82) is 0 Å². The number of ketones is 1. The molecule has 1 fully saturated rings. The lowest BCUT2D eigenvalue weighted by molar-refractivity contribution is -0.118. The van der Waals surface area contributed by atoms with E-state index in [2.05, 4.69) is 52.0 Å². The monoisotopic (exact) mass is 442 g/mol. The molecule has 1 aromatic carbocycles. The Balaban J connectivity index is 2.00. The molecule has 1 aliphatic rings. The Morgan fingerprint density at radius 1 is 1.13 bits per heavy atom. The predicted molar refractivity (Wildman–Crippen MR) is 126 cm³/mol. The van der Waals surface area contributed by atoms with E-state index >= 15 is 0 Å². The van der Waals surface area contributed by atoms with Crippen molar-refractivity contribution in [1.82, 2.24) is 0 Å². The summed E-state index contributed by atoms with van der Waals surface area (Å²) in [4.78, 5) is 25.2. The van der Waals surface area contributed by atoms with Crippen molar-refractivity contribution in [3.63, 3.8) is 0 Å². The fourth-order valence-electron chi connectivity index (χ4n) is 5.36. The van der Waals surface area contributed by atoms with E-state index < -0.39 is 5.97 Å². The summed E-state index contributed by atoms with van der Waals surface area (Å²) in [5.74, 6) is 0.428. The van der Waals surface area contributed by atoms with Crippen LogP contribution in [0.4, 0.5) is 0 Å². The highest BCUT2D eigenvalue weighted by atomic mass is 32.1. The molecule has 0 saturated heterocycles. The Kier molecular flexibility index (Phi) is 6.66. The van der Waals surface area contributed by atoms with Gasteiger partial charge in [0.25, 0.3) is 0 Å². The lowest BCUT2D eigenvalue weighted by Crippen LogP contribution is -2.32. The number of ether oxygens (including phenoxy) is 2. The number of methoxy groups -OCH3 is 1. The molecular weight excluding hydrogens is 408 g/mol. The number of hydrogen-bond donors (Lipinski definition) is 0. The lowest BCUT2D eigenvalue weighted by atomic mass is 9.60. The number of carbonyl (C=O) groups is 2. The SMILES string of the molecule is COC(=O)c1sc(-c2cccc(C3CC(C)(C)CC(C)(C)C3)c2)c(C)c1OCC(C)=O. The molecule has 3 rings (SSSR count). The molecule has 5 heteroatoms. The van der Waals surface area contributed by atoms with Crippen LogP contribution in [0.2, 0.25) is 0 Å². The summed E-state index contributed by atoms with van der Waals surface area (Å²) in [5, 5.41) is 0. The van der Waals surface area contributed by atoms with E-state index in [9.17, 15) is 9.59 Å². The van der Waals surface area contributed by atoms with E-state index in [0.29, 0.717) is 27.4 Å². The van der Waals surface area contributed by atoms with Gasteiger partial charge in [0.2, 0.25) is 0 Å². The van der Waals surface area contributed by atoms with Crippen LogP contribution in [0.3, 0.4) is 0 Å². The first-order chi connectivity index (χ1) is 14.4. The van der Waals surface area contributed by atoms with Crippen LogP contribution in [-0.2, 0) is 9.53 Å². The third-order valence-corrected chi connectivity index (χ3v) is 7.36. The summed E-state index contributed by atoms with van der Waals surface area (Å²) < 4.78 is 10.7. The van der Waals surface area contributed by atoms with Gasteiger partial charge in [0, 0.05) is 10.4 Å². The smallest absolute Gasteiger partial charge is 0.351 e. The molecular formula is C26H34O4S. The average molecular weight is 443 g/mol. The maximum absolute atomic E-state index is 12.4. The molecule has 0 aliphatic heterocycles. The standard InChI is InChI=1S/C26H34O4S/c1-16(27)14-30-21-17(2)22(31-23(21)24(28)29-7)19-10-8-9-18(11-19)20-12-25(3,4)15-26(5,6)13-20/h8-11,20H,12-15H2,1-7H3. The Morgan fingerprint density at radius 2 is 1.77 bits per heavy atom. The molecule has 1 aromatic heterocycles. The zero-order chi connectivity index (χ0) is 23.0. The first-order valence-electron chi connectivity index (χ1n) is 10.9. The second kappa shape index (κ2) is 8.78. The Morgan fingerprint density at radius 3 is 2.35 bits per heavy atom. The van der Waals surface area contributed by atoms with Gasteiger partial charge in [-0.3, -0.25) is 4.79 Å². The van der Waals surface area contributed by atoms with E-state index in [-0.39, 0.29) is 12.4 Å². The van der Waals surface area contributed by atoms with Crippen molar-refractivity contribution in [3.05, 3.63) is 40.3 Å². The minimum absolute atomic E-state index is 0.0622. The van der Waals surface area contributed by atoms with E-state index in [0.717, 1.165) is 16.0 Å². The van der Waals surface area contributed by atoms with E-state index in [1.54, 1.807) is 0 Å². The van der Waals surface area contributed by atoms with Crippen LogP contribution in [-0.4, -0.2) is 25.5 Å². The van der Waals surface area contributed by atoms with E-state index in [1.165, 1.54) is 50.2 Å². The summed E-state index contributed by atoms with van der Waals surface area (Å²) in [6, 6.07) is 8.67. The van der Waals surface area contributed by atoms with Gasteiger partial charge in [0.1, 0.15) is 12.4 Å². The van der Waals surface area contributed by atoms with Crippen molar-refractivity contribution >= 4 is 23.1 Å². The first-order valence-corrected chi connectivity index (χ1v) is 11.7. The number of benzene rings is 1. The summed E-state index contributed by atoms with van der Waals surface area (Å²) >= 11 is 1.37. The maximum Gasteiger partial charge on any atom is 0.351 e. The minimum atomic E-state index is -0.440. The van der Waals surface area contributed by atoms with Gasteiger partial charge in [-0.2, -0.15) is 0 Å². The molecule has 1 saturated carbocycles. The van der Waals surface area contributed by atoms with Gasteiger partial charge in [-0.25, -0.2) is 4.79 Å². The topological polar surface area (TPSA) is 52.6 Å². The molecule has 0 N–H and O–H groups in total. The zero-order valence-electron chi connectivity index (χ0n) is 19.8. The Bertz CT molecular complexity index is 967. The van der Waals surface area contributed by atoms with Crippen molar-refractivity contribution in [2.45, 2.75) is 66.7 Å². The van der Waals surface area contributed by atoms with E-state index in [1.807, 2.05) is 6.92 Å². The van der Waals surface area contributed by atoms with Gasteiger partial charge in [0.05, 0.1) is 7.11 Å². The first kappa shape index (κ1) is 23.5. The molecule has 4 nitrogen and oxygen atoms in total. The quantitative estimate of drug-likeness (QED) is 0.462. The van der Waals surface area contributed by atoms with Gasteiger partial charge in [0.15, 0.2) is 10.7 Å². The molecule has 0 spiro atoms. The third kappa shape index (κ3) is 5.38. The molecule has 0 radical (unpaired) electrons. The van der Waals surface area contributed by atoms with Crippen LogP contribution in [0, 0.1) is 17.8 Å². The second-order valence-electron chi connectivity index (χ2n) is 10.4. The zero-order valence-corrected chi connectivity index (χ0v) is 20.6. The second-order valence-corrected chi connectivity index (χ2v) is 11.5. The normalized spacial score (nSPS) is 17.9. The van der Waals surface area contributed by atoms with Crippen LogP contribution < -0.4 is 4.74 Å². The van der Waals surface area contributed by atoms with Gasteiger partial charge in [-0.15, -0.1) is 11.3 Å². The van der Waals surface area contributed by atoms with Gasteiger partial charge in [-0.05, 0) is 61.0 Å². The fraction of sp³-hybridized carbons (Fsp3) is 0.538. The van der Waals surface area contributed by atoms with Crippen LogP contribution in [0.1, 0.15) is 80.6 Å². The van der Waals surface area contributed by atoms with Crippen LogP contribution in [0.25, 0.3) is 10.4 Å². The van der Waals surface area contributed by atoms with Gasteiger partial charge < -0.3 is 9.47 Å². The Hall–Kier alpha value is -2.14. The molecule has 1 aliphatic carbocycles. The molecule has 0 atom stereocenters. The molecule has 168 valence electrons. The van der Waals surface area contributed by atoms with Crippen molar-refractivity contribution in [2.24, 2.45) is 10.8 Å². The Labute approximate surface area is 190 Å². The minimum Gasteiger partial charge on any atom is -0.484 e. The van der Waals surface area contributed by atoms with Crippen LogP contribution in [0.5, 0.6) is 5.75 Å². The van der Waals surface area contributed by atoms with Gasteiger partial charge in [-0.1, -0.05) is 52.0 Å². The van der Waals surface area contributed by atoms with E-state index in [4.69, 9.17) is 9.47 Å². The fourth-order valence-corrected chi connectivity index (χ4v) is 6.53. The highest BCUT2D eigenvalue weighted by molar-refractivity contribution is 7.18. The molecule has 31 heavy (non-hydrogen) atoms. The molecule has 0 amide bonds. The average Bonchev–Trinajstić information content (AvgIpc) is 2.99. The summed E-state index contributed by atoms with van der Waals surface area (Å²) in [5.41, 5.74) is 3.91. The predicted octanol–water partition coefficient (Wildman–Crippen LogP) is 6.80. The van der Waals surface area contributed by atoms with Crippen LogP contribution >= 0.6 is 11.3 Å². The van der Waals surface area contributed by atoms with Crippen molar-refractivity contribution in [2.75, 3.05) is 13.7 Å². The number of esters is 1. The number of hydrogen-bond acceptors (Lipinski definition) is 5. The highest BCUT2D eigenvalue weighted by Crippen LogP contribution is 2.52. The van der Waals surface area contributed by atoms with Gasteiger partial charge >= 0.3 is 5.97 Å². The summed E-state index contributed by atoms with van der Waals surface area (Å²) in [6.07, 6.45) is 3.58. The maximum atomic E-state index is 12.4. The lowest BCUT2D eigenvalue weighted by Gasteiger charge is -2.45. The molecule has 1 heterocycles. The molecule has 0 unspecified atom stereocenters. The number of rotatable bonds is 6. The largest absolute Gasteiger partial charge is 0.484 e. The molecule has 2 aromatic rings. The third-order valence-electron chi connectivity index (χ3n) is 6.06.